The lowest BCUT2D eigenvalue weighted by Crippen LogP contribution is -1.96. The molecule has 0 unspecified atom stereocenters. The van der Waals surface area contributed by atoms with E-state index in [0.717, 1.165) is 4.47 Å². The minimum Gasteiger partial charge on any atom is -0.438 e. The van der Waals surface area contributed by atoms with E-state index in [4.69, 9.17) is 4.74 Å². The van der Waals surface area contributed by atoms with Crippen LogP contribution in [0.3, 0.4) is 0 Å². The van der Waals surface area contributed by atoms with Gasteiger partial charge < -0.3 is 4.74 Å². The summed E-state index contributed by atoms with van der Waals surface area (Å²) < 4.78 is 7.87. The van der Waals surface area contributed by atoms with Gasteiger partial charge in [-0.3, -0.25) is 0 Å². The minimum absolute atomic E-state index is 0.437. The fourth-order valence-electron chi connectivity index (χ4n) is 1.31. The predicted molar refractivity (Wildman–Crippen MR) is 62.8 cm³/mol. The third-order valence-electron chi connectivity index (χ3n) is 2.08. The van der Waals surface area contributed by atoms with Crippen LogP contribution in [0.4, 0.5) is 0 Å². The van der Waals surface area contributed by atoms with Crippen LogP contribution in [0.25, 0.3) is 5.65 Å². The average Bonchev–Trinajstić information content (AvgIpc) is 2.79. The van der Waals surface area contributed by atoms with Gasteiger partial charge in [-0.05, 0) is 40.8 Å². The lowest BCUT2D eigenvalue weighted by atomic mass is 10.3. The lowest BCUT2D eigenvalue weighted by Gasteiger charge is -2.03. The van der Waals surface area contributed by atoms with Crippen molar-refractivity contribution in [3.8, 4) is 11.6 Å². The van der Waals surface area contributed by atoms with Crippen LogP contribution >= 0.6 is 15.9 Å². The molecule has 3 rings (SSSR count). The Hall–Kier alpha value is -2.02. The molecule has 0 aliphatic heterocycles. The highest BCUT2D eigenvalue weighted by Gasteiger charge is 2.02. The smallest absolute Gasteiger partial charge is 0.239 e. The molecule has 2 aromatic heterocycles. The molecule has 6 nitrogen and oxygen atoms in total. The molecule has 3 aromatic rings. The Labute approximate surface area is 104 Å². The first-order chi connectivity index (χ1) is 8.31. The van der Waals surface area contributed by atoms with Crippen molar-refractivity contribution in [2.24, 2.45) is 0 Å². The second-order valence-electron chi connectivity index (χ2n) is 3.25. The lowest BCUT2D eigenvalue weighted by molar-refractivity contribution is 0.447. The molecule has 0 aliphatic carbocycles. The van der Waals surface area contributed by atoms with Gasteiger partial charge >= 0.3 is 0 Å². The fourth-order valence-corrected chi connectivity index (χ4v) is 1.58. The Morgan fingerprint density at radius 3 is 2.71 bits per heavy atom. The van der Waals surface area contributed by atoms with Gasteiger partial charge in [0.1, 0.15) is 5.75 Å². The number of aromatic nitrogens is 5. The molecule has 0 amide bonds. The van der Waals surface area contributed by atoms with Gasteiger partial charge in [0.05, 0.1) is 0 Å². The number of benzene rings is 1. The van der Waals surface area contributed by atoms with E-state index in [1.54, 1.807) is 12.1 Å². The standard InChI is InChI=1S/C10H6BrN5O/c11-7-1-3-8(4-2-7)17-10-6-5-9-12-14-15-16(9)13-10/h1-6H. The minimum atomic E-state index is 0.437. The Kier molecular flexibility index (Phi) is 2.45. The Morgan fingerprint density at radius 1 is 1.06 bits per heavy atom. The topological polar surface area (TPSA) is 65.2 Å². The molecule has 0 bridgehead atoms. The summed E-state index contributed by atoms with van der Waals surface area (Å²) in [7, 11) is 0. The van der Waals surface area contributed by atoms with E-state index in [0.29, 0.717) is 17.3 Å². The van der Waals surface area contributed by atoms with Gasteiger partial charge in [0.15, 0.2) is 5.65 Å². The molecule has 7 heteroatoms. The molecular formula is C10H6BrN5O. The summed E-state index contributed by atoms with van der Waals surface area (Å²) in [5.74, 6) is 1.14. The molecule has 2 heterocycles. The molecule has 0 atom stereocenters. The summed E-state index contributed by atoms with van der Waals surface area (Å²) in [5, 5.41) is 15.0. The van der Waals surface area contributed by atoms with Crippen LogP contribution in [-0.4, -0.2) is 25.3 Å². The Balaban J connectivity index is 1.91. The predicted octanol–water partition coefficient (Wildman–Crippen LogP) is 2.07. The Bertz CT molecular complexity index is 651. The maximum atomic E-state index is 5.56. The van der Waals surface area contributed by atoms with Crippen molar-refractivity contribution in [3.05, 3.63) is 40.9 Å². The monoisotopic (exact) mass is 291 g/mol. The number of hydrogen-bond donors (Lipinski definition) is 0. The van der Waals surface area contributed by atoms with E-state index >= 15 is 0 Å². The van der Waals surface area contributed by atoms with E-state index in [9.17, 15) is 0 Å². The molecule has 17 heavy (non-hydrogen) atoms. The Morgan fingerprint density at radius 2 is 1.88 bits per heavy atom. The SMILES string of the molecule is Brc1ccc(Oc2ccc3nnnn3n2)cc1. The first-order valence-corrected chi connectivity index (χ1v) is 5.59. The third-order valence-corrected chi connectivity index (χ3v) is 2.61. The summed E-state index contributed by atoms with van der Waals surface area (Å²) in [4.78, 5) is 0. The molecule has 0 fully saturated rings. The largest absolute Gasteiger partial charge is 0.438 e. The van der Waals surface area contributed by atoms with E-state index in [1.807, 2.05) is 24.3 Å². The van der Waals surface area contributed by atoms with Gasteiger partial charge in [0.2, 0.25) is 5.88 Å². The van der Waals surface area contributed by atoms with Crippen molar-refractivity contribution in [1.29, 1.82) is 0 Å². The van der Waals surface area contributed by atoms with Crippen molar-refractivity contribution in [2.75, 3.05) is 0 Å². The van der Waals surface area contributed by atoms with Gasteiger partial charge in [0.25, 0.3) is 0 Å². The molecule has 0 saturated heterocycles. The van der Waals surface area contributed by atoms with Crippen LogP contribution in [0.1, 0.15) is 0 Å². The second-order valence-corrected chi connectivity index (χ2v) is 4.17. The van der Waals surface area contributed by atoms with Gasteiger partial charge in [-0.25, -0.2) is 0 Å². The van der Waals surface area contributed by atoms with Crippen molar-refractivity contribution in [1.82, 2.24) is 25.3 Å². The molecule has 0 N–H and O–H groups in total. The number of nitrogens with zero attached hydrogens (tertiary/aromatic N) is 5. The maximum absolute atomic E-state index is 5.56. The van der Waals surface area contributed by atoms with Crippen molar-refractivity contribution >= 4 is 21.6 Å². The highest BCUT2D eigenvalue weighted by atomic mass is 79.9. The number of rotatable bonds is 2. The van der Waals surface area contributed by atoms with E-state index in [-0.39, 0.29) is 0 Å². The molecule has 0 aliphatic rings. The van der Waals surface area contributed by atoms with Crippen LogP contribution in [-0.2, 0) is 0 Å². The molecule has 0 spiro atoms. The van der Waals surface area contributed by atoms with Gasteiger partial charge in [-0.2, -0.15) is 0 Å². The molecular weight excluding hydrogens is 286 g/mol. The molecule has 1 aromatic carbocycles. The van der Waals surface area contributed by atoms with Gasteiger partial charge in [0, 0.05) is 10.5 Å². The van der Waals surface area contributed by atoms with Crippen LogP contribution in [0.5, 0.6) is 11.6 Å². The number of halogens is 1. The number of tetrazole rings is 1. The van der Waals surface area contributed by atoms with Crippen molar-refractivity contribution in [3.63, 3.8) is 0 Å². The average molecular weight is 292 g/mol. The van der Waals surface area contributed by atoms with Crippen LogP contribution in [0.15, 0.2) is 40.9 Å². The van der Waals surface area contributed by atoms with E-state index < -0.39 is 0 Å². The molecule has 84 valence electrons. The highest BCUT2D eigenvalue weighted by Crippen LogP contribution is 2.21. The first kappa shape index (κ1) is 10.2. The number of hydrogen-bond acceptors (Lipinski definition) is 5. The van der Waals surface area contributed by atoms with E-state index in [1.165, 1.54) is 4.63 Å². The maximum Gasteiger partial charge on any atom is 0.239 e. The number of ether oxygens (including phenoxy) is 1. The first-order valence-electron chi connectivity index (χ1n) is 4.80. The summed E-state index contributed by atoms with van der Waals surface area (Å²) in [5.41, 5.74) is 0.577. The second kappa shape index (κ2) is 4.10. The molecule has 0 radical (unpaired) electrons. The summed E-state index contributed by atoms with van der Waals surface area (Å²) in [6.07, 6.45) is 0. The zero-order chi connectivity index (χ0) is 11.7. The molecule has 0 saturated carbocycles. The van der Waals surface area contributed by atoms with Crippen molar-refractivity contribution in [2.45, 2.75) is 0 Å². The highest BCUT2D eigenvalue weighted by molar-refractivity contribution is 9.10. The fraction of sp³-hybridized carbons (Fsp3) is 0. The van der Waals surface area contributed by atoms with Gasteiger partial charge in [-0.15, -0.1) is 14.8 Å². The normalized spacial score (nSPS) is 10.6. The van der Waals surface area contributed by atoms with Crippen molar-refractivity contribution < 1.29 is 4.74 Å². The summed E-state index contributed by atoms with van der Waals surface area (Å²) in [6, 6.07) is 10.9. The van der Waals surface area contributed by atoms with E-state index in [2.05, 4.69) is 36.6 Å². The quantitative estimate of drug-likeness (QED) is 0.723. The van der Waals surface area contributed by atoms with Crippen LogP contribution in [0.2, 0.25) is 0 Å². The van der Waals surface area contributed by atoms with Gasteiger partial charge in [-0.1, -0.05) is 15.9 Å². The zero-order valence-electron chi connectivity index (χ0n) is 8.49. The third kappa shape index (κ3) is 2.09. The van der Waals surface area contributed by atoms with Crippen LogP contribution in [0, 0.1) is 0 Å². The van der Waals surface area contributed by atoms with Crippen LogP contribution < -0.4 is 4.74 Å². The zero-order valence-corrected chi connectivity index (χ0v) is 10.1. The summed E-state index contributed by atoms with van der Waals surface area (Å²) in [6.45, 7) is 0. The summed E-state index contributed by atoms with van der Waals surface area (Å²) >= 11 is 3.36. The number of fused-ring (bicyclic) bond motifs is 1.